The summed E-state index contributed by atoms with van der Waals surface area (Å²) in [5.41, 5.74) is 28.6. The third-order valence-electron chi connectivity index (χ3n) is 6.48. The van der Waals surface area contributed by atoms with Crippen LogP contribution in [-0.2, 0) is 32.0 Å². The molecular weight excluding hydrogens is 588 g/mol. The number of carbonyl (C=O) groups is 4. The van der Waals surface area contributed by atoms with Gasteiger partial charge < -0.3 is 59.8 Å². The lowest BCUT2D eigenvalue weighted by Crippen LogP contribution is -2.57. The Bertz CT molecular complexity index is 1310. The van der Waals surface area contributed by atoms with Gasteiger partial charge in [-0.05, 0) is 43.4 Å². The Balaban J connectivity index is 2.24. The maximum atomic E-state index is 13.6. The van der Waals surface area contributed by atoms with Crippen LogP contribution in [0.4, 0.5) is 0 Å². The Kier molecular flexibility index (Phi) is 14.6. The molecule has 0 spiro atoms. The number of aromatic hydroxyl groups is 1. The van der Waals surface area contributed by atoms with E-state index in [1.165, 1.54) is 24.7 Å². The van der Waals surface area contributed by atoms with Gasteiger partial charge in [0.1, 0.15) is 23.9 Å². The van der Waals surface area contributed by atoms with Gasteiger partial charge in [0.05, 0.1) is 12.4 Å². The molecule has 2 aromatic rings. The molecule has 0 bridgehead atoms. The summed E-state index contributed by atoms with van der Waals surface area (Å²) < 4.78 is 0. The standard InChI is InChI=1S/C27H42N12O6/c28-18(12-16-13-33-14-36-16)22(41)39-21(11-15-5-7-17(40)8-6-15)24(43)37-19(3-1-9-34-26(29)30)23(42)38-20(25(44)45)4-2-10-35-27(31)32/h5-8,13-14,18-21,40H,1-4,9-12,28H2,(H,33,36)(H,37,43)(H,38,42)(H,39,41)(H,44,45)(H4,29,30,34)(H4,31,32,35). The van der Waals surface area contributed by atoms with Crippen LogP contribution in [0, 0.1) is 0 Å². The lowest BCUT2D eigenvalue weighted by molar-refractivity contribution is -0.142. The summed E-state index contributed by atoms with van der Waals surface area (Å²) in [4.78, 5) is 66.2. The quantitative estimate of drug-likeness (QED) is 0.0417. The maximum absolute atomic E-state index is 13.6. The van der Waals surface area contributed by atoms with Crippen molar-refractivity contribution in [2.24, 2.45) is 38.7 Å². The second-order valence-corrected chi connectivity index (χ2v) is 10.2. The lowest BCUT2D eigenvalue weighted by Gasteiger charge is -2.25. The van der Waals surface area contributed by atoms with E-state index in [-0.39, 0.29) is 69.3 Å². The van der Waals surface area contributed by atoms with Crippen molar-refractivity contribution >= 4 is 35.6 Å². The first kappa shape index (κ1) is 35.8. The van der Waals surface area contributed by atoms with Crippen molar-refractivity contribution in [3.05, 3.63) is 48.0 Å². The molecule has 0 fully saturated rings. The van der Waals surface area contributed by atoms with E-state index in [2.05, 4.69) is 35.9 Å². The third kappa shape index (κ3) is 13.6. The number of nitrogens with two attached hydrogens (primary N) is 5. The van der Waals surface area contributed by atoms with E-state index in [0.717, 1.165) is 0 Å². The Hall–Kier alpha value is -5.39. The molecule has 0 aliphatic heterocycles. The number of carboxylic acid groups (broad SMARTS) is 1. The number of phenolic OH excluding ortho intramolecular Hbond substituents is 1. The highest BCUT2D eigenvalue weighted by atomic mass is 16.4. The van der Waals surface area contributed by atoms with E-state index in [1.54, 1.807) is 12.1 Å². The average molecular weight is 631 g/mol. The Morgan fingerprint density at radius 3 is 1.87 bits per heavy atom. The van der Waals surface area contributed by atoms with Crippen LogP contribution in [0.25, 0.3) is 0 Å². The lowest BCUT2D eigenvalue weighted by atomic mass is 10.0. The summed E-state index contributed by atoms with van der Waals surface area (Å²) in [5, 5.41) is 27.0. The van der Waals surface area contributed by atoms with Crippen LogP contribution < -0.4 is 44.6 Å². The zero-order valence-electron chi connectivity index (χ0n) is 24.7. The number of H-pyrrole nitrogens is 1. The van der Waals surface area contributed by atoms with Crippen molar-refractivity contribution in [1.29, 1.82) is 0 Å². The molecule has 0 radical (unpaired) electrons. The number of aromatic amines is 1. The predicted octanol–water partition coefficient (Wildman–Crippen LogP) is -3.13. The number of hydrogen-bond acceptors (Lipinski definition) is 9. The summed E-state index contributed by atoms with van der Waals surface area (Å²) >= 11 is 0. The van der Waals surface area contributed by atoms with Crippen molar-refractivity contribution in [2.75, 3.05) is 13.1 Å². The highest BCUT2D eigenvalue weighted by molar-refractivity contribution is 5.94. The Morgan fingerprint density at radius 1 is 0.800 bits per heavy atom. The summed E-state index contributed by atoms with van der Waals surface area (Å²) in [5.74, 6) is -3.72. The van der Waals surface area contributed by atoms with E-state index >= 15 is 0 Å². The van der Waals surface area contributed by atoms with Crippen LogP contribution in [-0.4, -0.2) is 93.0 Å². The number of aromatic nitrogens is 2. The largest absolute Gasteiger partial charge is 0.508 e. The Morgan fingerprint density at radius 2 is 1.33 bits per heavy atom. The van der Waals surface area contributed by atoms with E-state index in [1.807, 2.05) is 0 Å². The number of nitrogens with zero attached hydrogens (tertiary/aromatic N) is 3. The SMILES string of the molecule is NC(N)=NCCCC(NC(=O)C(CCCN=C(N)N)NC(=O)C(Cc1ccc(O)cc1)NC(=O)C(N)Cc1cnc[nH]1)C(=O)O. The number of nitrogens with one attached hydrogen (secondary N) is 4. The maximum Gasteiger partial charge on any atom is 0.326 e. The van der Waals surface area contributed by atoms with E-state index in [9.17, 15) is 29.4 Å². The minimum Gasteiger partial charge on any atom is -0.508 e. The summed E-state index contributed by atoms with van der Waals surface area (Å²) in [6.45, 7) is 0.292. The number of amides is 3. The predicted molar refractivity (Wildman–Crippen MR) is 165 cm³/mol. The number of carboxylic acids is 1. The third-order valence-corrected chi connectivity index (χ3v) is 6.48. The van der Waals surface area contributed by atoms with Gasteiger partial charge in [-0.1, -0.05) is 12.1 Å². The molecule has 16 N–H and O–H groups in total. The van der Waals surface area contributed by atoms with Gasteiger partial charge in [0.2, 0.25) is 17.7 Å². The van der Waals surface area contributed by atoms with Crippen LogP contribution in [0.3, 0.4) is 0 Å². The molecule has 1 aromatic heterocycles. The molecule has 18 heteroatoms. The van der Waals surface area contributed by atoms with Crippen LogP contribution in [0.1, 0.15) is 36.9 Å². The smallest absolute Gasteiger partial charge is 0.326 e. The Labute approximate surface area is 259 Å². The number of guanidine groups is 2. The molecule has 0 saturated carbocycles. The van der Waals surface area contributed by atoms with Gasteiger partial charge in [0.15, 0.2) is 11.9 Å². The number of rotatable bonds is 19. The highest BCUT2D eigenvalue weighted by Crippen LogP contribution is 2.12. The minimum atomic E-state index is -1.29. The molecule has 4 unspecified atom stereocenters. The number of aliphatic imine (C=N–C) groups is 2. The number of imidazole rings is 1. The molecule has 0 aliphatic carbocycles. The second kappa shape index (κ2) is 18.3. The molecule has 0 aliphatic rings. The average Bonchev–Trinajstić information content (AvgIpc) is 3.49. The first-order chi connectivity index (χ1) is 21.3. The first-order valence-corrected chi connectivity index (χ1v) is 14.1. The summed E-state index contributed by atoms with van der Waals surface area (Å²) in [6.07, 6.45) is 3.63. The van der Waals surface area contributed by atoms with Gasteiger partial charge in [0.25, 0.3) is 0 Å². The van der Waals surface area contributed by atoms with Crippen LogP contribution in [0.15, 0.2) is 46.8 Å². The zero-order chi connectivity index (χ0) is 33.4. The number of aliphatic carboxylic acids is 1. The molecule has 18 nitrogen and oxygen atoms in total. The number of carbonyl (C=O) groups excluding carboxylic acids is 3. The van der Waals surface area contributed by atoms with Gasteiger partial charge >= 0.3 is 5.97 Å². The first-order valence-electron chi connectivity index (χ1n) is 14.1. The summed E-state index contributed by atoms with van der Waals surface area (Å²) in [6, 6.07) is 1.26. The van der Waals surface area contributed by atoms with Crippen molar-refractivity contribution in [1.82, 2.24) is 25.9 Å². The molecule has 1 heterocycles. The number of phenols is 1. The van der Waals surface area contributed by atoms with Crippen molar-refractivity contribution < 1.29 is 29.4 Å². The topological polar surface area (TPSA) is 328 Å². The molecule has 2 rings (SSSR count). The van der Waals surface area contributed by atoms with Crippen molar-refractivity contribution in [2.45, 2.75) is 62.7 Å². The molecular formula is C27H42N12O6. The van der Waals surface area contributed by atoms with Crippen LogP contribution in [0.5, 0.6) is 5.75 Å². The van der Waals surface area contributed by atoms with Crippen molar-refractivity contribution in [3.8, 4) is 5.75 Å². The summed E-state index contributed by atoms with van der Waals surface area (Å²) in [7, 11) is 0. The second-order valence-electron chi connectivity index (χ2n) is 10.2. The van der Waals surface area contributed by atoms with Gasteiger partial charge in [0, 0.05) is 37.8 Å². The number of hydrogen-bond donors (Lipinski definition) is 11. The molecule has 1 aromatic carbocycles. The fourth-order valence-electron chi connectivity index (χ4n) is 4.16. The van der Waals surface area contributed by atoms with Gasteiger partial charge in [-0.15, -0.1) is 0 Å². The van der Waals surface area contributed by atoms with E-state index in [4.69, 9.17) is 28.7 Å². The van der Waals surface area contributed by atoms with E-state index in [0.29, 0.717) is 11.3 Å². The van der Waals surface area contributed by atoms with Gasteiger partial charge in [-0.2, -0.15) is 0 Å². The molecule has 45 heavy (non-hydrogen) atoms. The van der Waals surface area contributed by atoms with Crippen LogP contribution in [0.2, 0.25) is 0 Å². The van der Waals surface area contributed by atoms with Gasteiger partial charge in [-0.25, -0.2) is 9.78 Å². The normalized spacial score (nSPS) is 13.4. The fourth-order valence-corrected chi connectivity index (χ4v) is 4.16. The zero-order valence-corrected chi connectivity index (χ0v) is 24.7. The molecule has 4 atom stereocenters. The van der Waals surface area contributed by atoms with Crippen molar-refractivity contribution in [3.63, 3.8) is 0 Å². The monoisotopic (exact) mass is 630 g/mol. The van der Waals surface area contributed by atoms with E-state index < -0.39 is 47.9 Å². The van der Waals surface area contributed by atoms with Gasteiger partial charge in [-0.3, -0.25) is 24.4 Å². The fraction of sp³-hybridized carbons (Fsp3) is 0.444. The minimum absolute atomic E-state index is 0.00848. The molecule has 3 amide bonds. The number of benzene rings is 1. The highest BCUT2D eigenvalue weighted by Gasteiger charge is 2.30. The molecule has 246 valence electrons. The van der Waals surface area contributed by atoms with Crippen LogP contribution >= 0.6 is 0 Å². The molecule has 0 saturated heterocycles.